The van der Waals surface area contributed by atoms with Crippen LogP contribution in [-0.4, -0.2) is 53.8 Å². The first kappa shape index (κ1) is 19.4. The summed E-state index contributed by atoms with van der Waals surface area (Å²) in [5.41, 5.74) is 2.86. The number of carbonyl (C=O) groups is 2. The van der Waals surface area contributed by atoms with Crippen LogP contribution in [0.25, 0.3) is 0 Å². The molecule has 0 saturated carbocycles. The lowest BCUT2D eigenvalue weighted by molar-refractivity contribution is -0.141. The van der Waals surface area contributed by atoms with Crippen LogP contribution in [0.5, 0.6) is 0 Å². The summed E-state index contributed by atoms with van der Waals surface area (Å²) in [5, 5.41) is 3.00. The topological polar surface area (TPSA) is 52.7 Å². The predicted octanol–water partition coefficient (Wildman–Crippen LogP) is 2.82. The number of piperazine rings is 1. The van der Waals surface area contributed by atoms with Gasteiger partial charge in [0.1, 0.15) is 0 Å². The average Bonchev–Trinajstić information content (AvgIpc) is 2.56. The van der Waals surface area contributed by atoms with E-state index in [0.29, 0.717) is 13.1 Å². The molecular weight excluding hydrogens is 314 g/mol. The summed E-state index contributed by atoms with van der Waals surface area (Å²) in [6.07, 6.45) is 0. The number of nitrogens with zero attached hydrogens (tertiary/aromatic N) is 2. The molecule has 5 heteroatoms. The Morgan fingerprint density at radius 1 is 1.04 bits per heavy atom. The summed E-state index contributed by atoms with van der Waals surface area (Å²) in [7, 11) is 0. The normalized spacial score (nSPS) is 17.3. The standard InChI is InChI=1S/C20H31N3O2/c1-14-7-8-17(13-15(14)2)21-18(24)16(3)22-9-11-23(12-10-22)19(25)20(4,5)6/h7-8,13,16H,9-12H2,1-6H3,(H,21,24). The lowest BCUT2D eigenvalue weighted by Gasteiger charge is -2.39. The van der Waals surface area contributed by atoms with Gasteiger partial charge in [0.25, 0.3) is 0 Å². The molecule has 0 spiro atoms. The average molecular weight is 345 g/mol. The van der Waals surface area contributed by atoms with Crippen LogP contribution in [0.1, 0.15) is 38.8 Å². The Kier molecular flexibility index (Phi) is 5.88. The smallest absolute Gasteiger partial charge is 0.241 e. The molecule has 1 unspecified atom stereocenters. The van der Waals surface area contributed by atoms with Crippen LogP contribution in [0.3, 0.4) is 0 Å². The number of hydrogen-bond acceptors (Lipinski definition) is 3. The molecule has 0 bridgehead atoms. The molecule has 1 aliphatic heterocycles. The Morgan fingerprint density at radius 2 is 1.64 bits per heavy atom. The number of amides is 2. The number of rotatable bonds is 3. The number of hydrogen-bond donors (Lipinski definition) is 1. The Bertz CT molecular complexity index is 641. The van der Waals surface area contributed by atoms with E-state index in [1.54, 1.807) is 0 Å². The van der Waals surface area contributed by atoms with Gasteiger partial charge in [0, 0.05) is 37.3 Å². The van der Waals surface area contributed by atoms with E-state index in [1.807, 2.05) is 57.7 Å². The Morgan fingerprint density at radius 3 is 2.16 bits per heavy atom. The minimum absolute atomic E-state index is 0.00106. The molecule has 1 atom stereocenters. The minimum Gasteiger partial charge on any atom is -0.340 e. The molecule has 1 heterocycles. The summed E-state index contributed by atoms with van der Waals surface area (Å²) in [4.78, 5) is 29.0. The summed E-state index contributed by atoms with van der Waals surface area (Å²) >= 11 is 0. The van der Waals surface area contributed by atoms with Crippen molar-refractivity contribution in [1.82, 2.24) is 9.80 Å². The van der Waals surface area contributed by atoms with Crippen molar-refractivity contribution in [3.8, 4) is 0 Å². The highest BCUT2D eigenvalue weighted by Crippen LogP contribution is 2.20. The zero-order valence-electron chi connectivity index (χ0n) is 16.3. The van der Waals surface area contributed by atoms with Crippen molar-refractivity contribution >= 4 is 17.5 Å². The zero-order chi connectivity index (χ0) is 18.8. The Hall–Kier alpha value is -1.88. The largest absolute Gasteiger partial charge is 0.340 e. The summed E-state index contributed by atoms with van der Waals surface area (Å²) in [6, 6.07) is 5.74. The van der Waals surface area contributed by atoms with Crippen LogP contribution in [-0.2, 0) is 9.59 Å². The highest BCUT2D eigenvalue weighted by molar-refractivity contribution is 5.94. The van der Waals surface area contributed by atoms with Crippen molar-refractivity contribution in [3.05, 3.63) is 29.3 Å². The molecule has 1 aromatic rings. The Balaban J connectivity index is 1.91. The monoisotopic (exact) mass is 345 g/mol. The molecule has 1 fully saturated rings. The highest BCUT2D eigenvalue weighted by Gasteiger charge is 2.32. The van der Waals surface area contributed by atoms with Crippen molar-refractivity contribution in [2.24, 2.45) is 5.41 Å². The van der Waals surface area contributed by atoms with Crippen LogP contribution in [0.2, 0.25) is 0 Å². The maximum Gasteiger partial charge on any atom is 0.241 e. The molecule has 5 nitrogen and oxygen atoms in total. The number of carbonyl (C=O) groups excluding carboxylic acids is 2. The second-order valence-corrected chi connectivity index (χ2v) is 8.04. The van der Waals surface area contributed by atoms with Gasteiger partial charge in [-0.1, -0.05) is 26.8 Å². The molecule has 138 valence electrons. The maximum atomic E-state index is 12.5. The zero-order valence-corrected chi connectivity index (χ0v) is 16.3. The van der Waals surface area contributed by atoms with Gasteiger partial charge in [-0.3, -0.25) is 14.5 Å². The van der Waals surface area contributed by atoms with Gasteiger partial charge in [-0.25, -0.2) is 0 Å². The molecule has 1 aliphatic rings. The fraction of sp³-hybridized carbons (Fsp3) is 0.600. The number of anilines is 1. The fourth-order valence-electron chi connectivity index (χ4n) is 3.02. The second-order valence-electron chi connectivity index (χ2n) is 8.04. The summed E-state index contributed by atoms with van der Waals surface area (Å²) in [6.45, 7) is 14.7. The third-order valence-corrected chi connectivity index (χ3v) is 4.94. The van der Waals surface area contributed by atoms with E-state index in [4.69, 9.17) is 0 Å². The molecule has 0 aromatic heterocycles. The van der Waals surface area contributed by atoms with Gasteiger partial charge in [-0.15, -0.1) is 0 Å². The lowest BCUT2D eigenvalue weighted by Crippen LogP contribution is -2.55. The first-order valence-electron chi connectivity index (χ1n) is 9.01. The van der Waals surface area contributed by atoms with Gasteiger partial charge >= 0.3 is 0 Å². The van der Waals surface area contributed by atoms with Crippen molar-refractivity contribution in [3.63, 3.8) is 0 Å². The van der Waals surface area contributed by atoms with E-state index < -0.39 is 0 Å². The Labute approximate surface area is 151 Å². The maximum absolute atomic E-state index is 12.5. The molecule has 1 N–H and O–H groups in total. The molecule has 2 rings (SSSR count). The van der Waals surface area contributed by atoms with Crippen LogP contribution in [0.15, 0.2) is 18.2 Å². The van der Waals surface area contributed by atoms with Gasteiger partial charge in [-0.2, -0.15) is 0 Å². The van der Waals surface area contributed by atoms with Crippen molar-refractivity contribution in [2.45, 2.75) is 47.6 Å². The molecule has 0 radical (unpaired) electrons. The van der Waals surface area contributed by atoms with Gasteiger partial charge in [0.15, 0.2) is 0 Å². The molecule has 1 saturated heterocycles. The SMILES string of the molecule is Cc1ccc(NC(=O)C(C)N2CCN(C(=O)C(C)(C)C)CC2)cc1C. The van der Waals surface area contributed by atoms with Gasteiger partial charge in [0.05, 0.1) is 6.04 Å². The van der Waals surface area contributed by atoms with Crippen LogP contribution < -0.4 is 5.32 Å². The molecular formula is C20H31N3O2. The van der Waals surface area contributed by atoms with E-state index in [9.17, 15) is 9.59 Å². The van der Waals surface area contributed by atoms with Crippen molar-refractivity contribution < 1.29 is 9.59 Å². The second kappa shape index (κ2) is 7.56. The molecule has 2 amide bonds. The van der Waals surface area contributed by atoms with E-state index in [1.165, 1.54) is 11.1 Å². The molecule has 25 heavy (non-hydrogen) atoms. The third-order valence-electron chi connectivity index (χ3n) is 4.94. The van der Waals surface area contributed by atoms with Gasteiger partial charge < -0.3 is 10.2 Å². The first-order valence-corrected chi connectivity index (χ1v) is 9.01. The predicted molar refractivity (Wildman–Crippen MR) is 102 cm³/mol. The van der Waals surface area contributed by atoms with E-state index >= 15 is 0 Å². The van der Waals surface area contributed by atoms with Crippen molar-refractivity contribution in [1.29, 1.82) is 0 Å². The van der Waals surface area contributed by atoms with Crippen molar-refractivity contribution in [2.75, 3.05) is 31.5 Å². The van der Waals surface area contributed by atoms with Gasteiger partial charge in [-0.05, 0) is 44.0 Å². The molecule has 0 aliphatic carbocycles. The van der Waals surface area contributed by atoms with E-state index in [2.05, 4.69) is 17.1 Å². The number of nitrogens with one attached hydrogen (secondary N) is 1. The summed E-state index contributed by atoms with van der Waals surface area (Å²) in [5.74, 6) is 0.179. The lowest BCUT2D eigenvalue weighted by atomic mass is 9.94. The number of benzene rings is 1. The highest BCUT2D eigenvalue weighted by atomic mass is 16.2. The first-order chi connectivity index (χ1) is 11.6. The van der Waals surface area contributed by atoms with E-state index in [0.717, 1.165) is 18.8 Å². The van der Waals surface area contributed by atoms with E-state index in [-0.39, 0.29) is 23.3 Å². The minimum atomic E-state index is -0.353. The van der Waals surface area contributed by atoms with Crippen LogP contribution in [0.4, 0.5) is 5.69 Å². The van der Waals surface area contributed by atoms with Gasteiger partial charge in [0.2, 0.25) is 11.8 Å². The fourth-order valence-corrected chi connectivity index (χ4v) is 3.02. The quantitative estimate of drug-likeness (QED) is 0.916. The van der Waals surface area contributed by atoms with Crippen LogP contribution in [0, 0.1) is 19.3 Å². The third kappa shape index (κ3) is 4.82. The number of aryl methyl sites for hydroxylation is 2. The van der Waals surface area contributed by atoms with Crippen LogP contribution >= 0.6 is 0 Å². The molecule has 1 aromatic carbocycles. The summed E-state index contributed by atoms with van der Waals surface area (Å²) < 4.78 is 0.